The van der Waals surface area contributed by atoms with Crippen LogP contribution in [-0.4, -0.2) is 48.8 Å². The molecular formula is C19H26F3N3O2. The monoisotopic (exact) mass is 385 g/mol. The number of halogens is 3. The highest BCUT2D eigenvalue weighted by Gasteiger charge is 2.51. The number of piperidine rings is 1. The van der Waals surface area contributed by atoms with Crippen LogP contribution in [0, 0.1) is 0 Å². The first-order chi connectivity index (χ1) is 12.7. The summed E-state index contributed by atoms with van der Waals surface area (Å²) in [4.78, 5) is 14.2. The summed E-state index contributed by atoms with van der Waals surface area (Å²) in [6, 6.07) is 5.40. The quantitative estimate of drug-likeness (QED) is 0.819. The molecule has 1 saturated carbocycles. The van der Waals surface area contributed by atoms with Gasteiger partial charge in [-0.1, -0.05) is 18.2 Å². The number of nitrogens with one attached hydrogen (secondary N) is 2. The molecule has 2 fully saturated rings. The van der Waals surface area contributed by atoms with Gasteiger partial charge in [-0.2, -0.15) is 13.2 Å². The Hall–Kier alpha value is -1.80. The number of ether oxygens (including phenoxy) is 1. The molecule has 2 amide bonds. The Labute approximate surface area is 157 Å². The lowest BCUT2D eigenvalue weighted by Crippen LogP contribution is -2.49. The summed E-state index contributed by atoms with van der Waals surface area (Å²) >= 11 is 0. The number of hydrogen-bond donors (Lipinski definition) is 2. The summed E-state index contributed by atoms with van der Waals surface area (Å²) in [5.41, 5.74) is -0.219. The summed E-state index contributed by atoms with van der Waals surface area (Å²) in [6.45, 7) is 3.92. The average molecular weight is 385 g/mol. The van der Waals surface area contributed by atoms with Crippen molar-refractivity contribution >= 4 is 6.03 Å². The van der Waals surface area contributed by atoms with E-state index >= 15 is 0 Å². The second-order valence-corrected chi connectivity index (χ2v) is 7.64. The van der Waals surface area contributed by atoms with E-state index in [9.17, 15) is 18.0 Å². The van der Waals surface area contributed by atoms with E-state index in [2.05, 4.69) is 15.5 Å². The molecule has 0 aromatic heterocycles. The van der Waals surface area contributed by atoms with E-state index in [1.54, 1.807) is 13.2 Å². The molecule has 5 nitrogen and oxygen atoms in total. The number of hydrogen-bond acceptors (Lipinski definition) is 3. The number of likely N-dealkylation sites (tertiary alicyclic amines) is 1. The average Bonchev–Trinajstić information content (AvgIpc) is 3.26. The lowest BCUT2D eigenvalue weighted by atomic mass is 10.0. The van der Waals surface area contributed by atoms with Crippen molar-refractivity contribution in [1.82, 2.24) is 15.5 Å². The summed E-state index contributed by atoms with van der Waals surface area (Å²) in [5, 5.41) is 5.90. The van der Waals surface area contributed by atoms with Crippen LogP contribution in [0.3, 0.4) is 0 Å². The van der Waals surface area contributed by atoms with Crippen molar-refractivity contribution in [2.45, 2.75) is 56.6 Å². The number of alkyl halides is 3. The van der Waals surface area contributed by atoms with Crippen molar-refractivity contribution in [2.75, 3.05) is 20.2 Å². The number of methoxy groups -OCH3 is 1. The Bertz CT molecular complexity index is 674. The fourth-order valence-electron chi connectivity index (χ4n) is 3.50. The minimum Gasteiger partial charge on any atom is -0.376 e. The van der Waals surface area contributed by atoms with Gasteiger partial charge in [-0.25, -0.2) is 4.79 Å². The number of benzene rings is 1. The molecule has 0 spiro atoms. The summed E-state index contributed by atoms with van der Waals surface area (Å²) in [5.74, 6) is 0. The maximum Gasteiger partial charge on any atom is 0.416 e. The van der Waals surface area contributed by atoms with Crippen molar-refractivity contribution in [3.8, 4) is 0 Å². The molecule has 2 atom stereocenters. The minimum absolute atomic E-state index is 0.0449. The number of urea groups is 1. The highest BCUT2D eigenvalue weighted by molar-refractivity contribution is 5.75. The van der Waals surface area contributed by atoms with Crippen LogP contribution in [0.1, 0.15) is 37.3 Å². The summed E-state index contributed by atoms with van der Waals surface area (Å²) < 4.78 is 43.8. The fourth-order valence-corrected chi connectivity index (χ4v) is 3.50. The van der Waals surface area contributed by atoms with Gasteiger partial charge in [0.15, 0.2) is 0 Å². The van der Waals surface area contributed by atoms with Gasteiger partial charge in [0.25, 0.3) is 0 Å². The van der Waals surface area contributed by atoms with E-state index < -0.39 is 11.7 Å². The van der Waals surface area contributed by atoms with E-state index in [1.807, 2.05) is 6.92 Å². The van der Waals surface area contributed by atoms with Crippen molar-refractivity contribution in [3.05, 3.63) is 35.4 Å². The maximum atomic E-state index is 12.8. The second-order valence-electron chi connectivity index (χ2n) is 7.64. The predicted octanol–water partition coefficient (Wildman–Crippen LogP) is 3.15. The standard InChI is InChI=1S/C19H26F3N3O2/c1-18(27-2)11-16(18)24-17(26)23-15-6-8-25(9-7-15)12-13-4-3-5-14(10-13)19(20,21)22/h3-5,10,15-16H,6-9,11-12H2,1-2H3,(H2,23,24,26)/t16-,18+/m1/s1. The first-order valence-electron chi connectivity index (χ1n) is 9.20. The number of rotatable bonds is 5. The van der Waals surface area contributed by atoms with E-state index in [-0.39, 0.29) is 23.7 Å². The summed E-state index contributed by atoms with van der Waals surface area (Å²) in [6.07, 6.45) is -1.95. The molecule has 3 rings (SSSR count). The lowest BCUT2D eigenvalue weighted by molar-refractivity contribution is -0.137. The van der Waals surface area contributed by atoms with E-state index in [0.717, 1.165) is 38.4 Å². The molecular weight excluding hydrogens is 359 g/mol. The van der Waals surface area contributed by atoms with E-state index in [1.165, 1.54) is 12.1 Å². The Morgan fingerprint density at radius 2 is 2.00 bits per heavy atom. The predicted molar refractivity (Wildman–Crippen MR) is 95.2 cm³/mol. The van der Waals surface area contributed by atoms with Gasteiger partial charge < -0.3 is 15.4 Å². The van der Waals surface area contributed by atoms with Crippen LogP contribution in [0.5, 0.6) is 0 Å². The van der Waals surface area contributed by atoms with Crippen molar-refractivity contribution in [2.24, 2.45) is 0 Å². The third-order valence-corrected chi connectivity index (χ3v) is 5.54. The molecule has 1 aliphatic carbocycles. The molecule has 1 aromatic rings. The van der Waals surface area contributed by atoms with Crippen LogP contribution in [-0.2, 0) is 17.5 Å². The Balaban J connectivity index is 1.42. The molecule has 1 saturated heterocycles. The number of amides is 2. The molecule has 150 valence electrons. The van der Waals surface area contributed by atoms with Gasteiger partial charge in [0.05, 0.1) is 17.2 Å². The zero-order valence-electron chi connectivity index (χ0n) is 15.6. The molecule has 1 aliphatic heterocycles. The van der Waals surface area contributed by atoms with Gasteiger partial charge in [-0.3, -0.25) is 4.90 Å². The van der Waals surface area contributed by atoms with E-state index in [4.69, 9.17) is 4.74 Å². The Morgan fingerprint density at radius 1 is 1.30 bits per heavy atom. The van der Waals surface area contributed by atoms with Gasteiger partial charge in [0, 0.05) is 39.2 Å². The molecule has 0 unspecified atom stereocenters. The largest absolute Gasteiger partial charge is 0.416 e. The second kappa shape index (κ2) is 7.67. The van der Waals surface area contributed by atoms with Gasteiger partial charge >= 0.3 is 12.2 Å². The first kappa shape index (κ1) is 19.9. The minimum atomic E-state index is -4.32. The topological polar surface area (TPSA) is 53.6 Å². The highest BCUT2D eigenvalue weighted by Crippen LogP contribution is 2.38. The van der Waals surface area contributed by atoms with Gasteiger partial charge in [0.1, 0.15) is 0 Å². The third-order valence-electron chi connectivity index (χ3n) is 5.54. The fraction of sp³-hybridized carbons (Fsp3) is 0.632. The van der Waals surface area contributed by atoms with Crippen LogP contribution in [0.2, 0.25) is 0 Å². The SMILES string of the molecule is CO[C@@]1(C)C[C@H]1NC(=O)NC1CCN(Cc2cccc(C(F)(F)F)c2)CC1. The van der Waals surface area contributed by atoms with Crippen molar-refractivity contribution in [1.29, 1.82) is 0 Å². The highest BCUT2D eigenvalue weighted by atomic mass is 19.4. The number of nitrogens with zero attached hydrogens (tertiary/aromatic N) is 1. The lowest BCUT2D eigenvalue weighted by Gasteiger charge is -2.32. The maximum absolute atomic E-state index is 12.8. The van der Waals surface area contributed by atoms with Gasteiger partial charge in [-0.05, 0) is 31.4 Å². The molecule has 0 bridgehead atoms. The smallest absolute Gasteiger partial charge is 0.376 e. The first-order valence-corrected chi connectivity index (χ1v) is 9.20. The molecule has 8 heteroatoms. The molecule has 2 aliphatic rings. The Kier molecular flexibility index (Phi) is 5.67. The van der Waals surface area contributed by atoms with Gasteiger partial charge in [0.2, 0.25) is 0 Å². The molecule has 27 heavy (non-hydrogen) atoms. The van der Waals surface area contributed by atoms with Crippen LogP contribution in [0.15, 0.2) is 24.3 Å². The zero-order valence-corrected chi connectivity index (χ0v) is 15.6. The number of carbonyl (C=O) groups is 1. The normalized spacial score (nSPS) is 26.6. The van der Waals surface area contributed by atoms with Crippen LogP contribution >= 0.6 is 0 Å². The Morgan fingerprint density at radius 3 is 2.59 bits per heavy atom. The molecule has 2 N–H and O–H groups in total. The molecule has 0 radical (unpaired) electrons. The summed E-state index contributed by atoms with van der Waals surface area (Å²) in [7, 11) is 1.64. The van der Waals surface area contributed by atoms with Crippen LogP contribution in [0.4, 0.5) is 18.0 Å². The zero-order chi connectivity index (χ0) is 19.7. The third kappa shape index (κ3) is 5.13. The number of carbonyl (C=O) groups excluding carboxylic acids is 1. The van der Waals surface area contributed by atoms with Crippen molar-refractivity contribution < 1.29 is 22.7 Å². The molecule has 1 heterocycles. The van der Waals surface area contributed by atoms with E-state index in [0.29, 0.717) is 12.1 Å². The van der Waals surface area contributed by atoms with Crippen LogP contribution in [0.25, 0.3) is 0 Å². The van der Waals surface area contributed by atoms with Crippen molar-refractivity contribution in [3.63, 3.8) is 0 Å². The van der Waals surface area contributed by atoms with Gasteiger partial charge in [-0.15, -0.1) is 0 Å². The van der Waals surface area contributed by atoms with Crippen LogP contribution < -0.4 is 10.6 Å². The molecule has 1 aromatic carbocycles.